The zero-order chi connectivity index (χ0) is 20.9. The van der Waals surface area contributed by atoms with E-state index in [-0.39, 0.29) is 18.0 Å². The van der Waals surface area contributed by atoms with Crippen LogP contribution in [0.25, 0.3) is 6.08 Å². The minimum Gasteiger partial charge on any atom is -0.478 e. The lowest BCUT2D eigenvalue weighted by Gasteiger charge is -2.11. The van der Waals surface area contributed by atoms with Gasteiger partial charge in [0.15, 0.2) is 11.5 Å². The average Bonchev–Trinajstić information content (AvgIpc) is 3.21. The van der Waals surface area contributed by atoms with Crippen LogP contribution in [0.5, 0.6) is 23.0 Å². The molecular formula is C23H17NO6. The van der Waals surface area contributed by atoms with Crippen molar-refractivity contribution in [2.75, 3.05) is 12.1 Å². The molecular weight excluding hydrogens is 386 g/mol. The number of amides is 1. The van der Waals surface area contributed by atoms with E-state index in [9.17, 15) is 14.7 Å². The Labute approximate surface area is 172 Å². The third kappa shape index (κ3) is 4.41. The number of para-hydroxylation sites is 1. The van der Waals surface area contributed by atoms with Gasteiger partial charge in [0, 0.05) is 12.1 Å². The number of nitrogens with one attached hydrogen (secondary N) is 1. The molecule has 0 atom stereocenters. The van der Waals surface area contributed by atoms with Gasteiger partial charge in [0.2, 0.25) is 12.7 Å². The van der Waals surface area contributed by atoms with Crippen LogP contribution < -0.4 is 19.5 Å². The third-order valence-corrected chi connectivity index (χ3v) is 4.28. The number of hydrogen-bond donors (Lipinski definition) is 2. The quantitative estimate of drug-likeness (QED) is 0.586. The molecule has 3 aromatic rings. The van der Waals surface area contributed by atoms with Crippen LogP contribution in [0.4, 0.5) is 5.69 Å². The predicted octanol–water partition coefficient (Wildman–Crippen LogP) is 4.56. The van der Waals surface area contributed by atoms with E-state index in [0.717, 1.165) is 5.56 Å². The van der Waals surface area contributed by atoms with Crippen molar-refractivity contribution in [2.45, 2.75) is 0 Å². The number of carbonyl (C=O) groups is 2. The summed E-state index contributed by atoms with van der Waals surface area (Å²) in [5, 5.41) is 12.0. The molecule has 3 aromatic carbocycles. The van der Waals surface area contributed by atoms with Crippen molar-refractivity contribution < 1.29 is 28.9 Å². The van der Waals surface area contributed by atoms with Crippen molar-refractivity contribution in [3.8, 4) is 23.0 Å². The fraction of sp³-hybridized carbons (Fsp3) is 0.0435. The lowest BCUT2D eigenvalue weighted by Crippen LogP contribution is -2.12. The number of aromatic carboxylic acids is 1. The Morgan fingerprint density at radius 1 is 0.933 bits per heavy atom. The standard InChI is InChI=1S/C23H17NO6/c25-22(11-7-15-6-10-20-21(12-15)29-14-28-20)24-19-13-17(8-9-18(19)23(26)27)30-16-4-2-1-3-5-16/h1-13H,14H2,(H,24,25)(H,26,27). The van der Waals surface area contributed by atoms with Gasteiger partial charge in [-0.05, 0) is 48.0 Å². The van der Waals surface area contributed by atoms with Gasteiger partial charge in [-0.1, -0.05) is 24.3 Å². The molecule has 2 N–H and O–H groups in total. The van der Waals surface area contributed by atoms with E-state index in [0.29, 0.717) is 23.0 Å². The van der Waals surface area contributed by atoms with Crippen molar-refractivity contribution in [1.82, 2.24) is 0 Å². The first-order valence-corrected chi connectivity index (χ1v) is 9.07. The Morgan fingerprint density at radius 2 is 1.73 bits per heavy atom. The molecule has 0 aromatic heterocycles. The lowest BCUT2D eigenvalue weighted by molar-refractivity contribution is -0.111. The van der Waals surface area contributed by atoms with Crippen molar-refractivity contribution >= 4 is 23.6 Å². The minimum absolute atomic E-state index is 0.0414. The molecule has 1 amide bonds. The molecule has 0 saturated heterocycles. The number of carboxylic acid groups (broad SMARTS) is 1. The van der Waals surface area contributed by atoms with E-state index in [2.05, 4.69) is 5.32 Å². The van der Waals surface area contributed by atoms with Gasteiger partial charge in [-0.3, -0.25) is 4.79 Å². The summed E-state index contributed by atoms with van der Waals surface area (Å²) in [6, 6.07) is 18.8. The first kappa shape index (κ1) is 19.1. The van der Waals surface area contributed by atoms with Crippen molar-refractivity contribution in [3.63, 3.8) is 0 Å². The summed E-state index contributed by atoms with van der Waals surface area (Å²) in [5.41, 5.74) is 0.838. The van der Waals surface area contributed by atoms with Crippen LogP contribution in [-0.2, 0) is 4.79 Å². The summed E-state index contributed by atoms with van der Waals surface area (Å²) >= 11 is 0. The fourth-order valence-electron chi connectivity index (χ4n) is 2.86. The molecule has 1 heterocycles. The Hall–Kier alpha value is -4.26. The lowest BCUT2D eigenvalue weighted by atomic mass is 10.1. The zero-order valence-corrected chi connectivity index (χ0v) is 15.7. The SMILES string of the molecule is O=C(C=Cc1ccc2c(c1)OCO2)Nc1cc(Oc2ccccc2)ccc1C(=O)O. The highest BCUT2D eigenvalue weighted by Crippen LogP contribution is 2.33. The van der Waals surface area contributed by atoms with Crippen LogP contribution in [0.3, 0.4) is 0 Å². The first-order valence-electron chi connectivity index (χ1n) is 9.07. The fourth-order valence-corrected chi connectivity index (χ4v) is 2.86. The normalized spacial score (nSPS) is 12.0. The number of hydrogen-bond acceptors (Lipinski definition) is 5. The van der Waals surface area contributed by atoms with E-state index >= 15 is 0 Å². The molecule has 0 aliphatic carbocycles. The molecule has 1 aliphatic heterocycles. The Morgan fingerprint density at radius 3 is 2.53 bits per heavy atom. The summed E-state index contributed by atoms with van der Waals surface area (Å²) < 4.78 is 16.3. The molecule has 150 valence electrons. The molecule has 7 heteroatoms. The van der Waals surface area contributed by atoms with E-state index < -0.39 is 11.9 Å². The number of rotatable bonds is 6. The van der Waals surface area contributed by atoms with E-state index in [1.165, 1.54) is 24.3 Å². The predicted molar refractivity (Wildman–Crippen MR) is 110 cm³/mol. The Kier molecular flexibility index (Phi) is 5.34. The van der Waals surface area contributed by atoms with Gasteiger partial charge in [0.25, 0.3) is 0 Å². The molecule has 7 nitrogen and oxygen atoms in total. The number of fused-ring (bicyclic) bond motifs is 1. The molecule has 0 saturated carbocycles. The minimum atomic E-state index is -1.16. The van der Waals surface area contributed by atoms with Crippen LogP contribution in [-0.4, -0.2) is 23.8 Å². The number of carboxylic acids is 1. The van der Waals surface area contributed by atoms with E-state index in [1.54, 1.807) is 36.4 Å². The highest BCUT2D eigenvalue weighted by Gasteiger charge is 2.14. The van der Waals surface area contributed by atoms with Crippen molar-refractivity contribution in [1.29, 1.82) is 0 Å². The topological polar surface area (TPSA) is 94.1 Å². The largest absolute Gasteiger partial charge is 0.478 e. The highest BCUT2D eigenvalue weighted by molar-refractivity contribution is 6.06. The Balaban J connectivity index is 1.51. The maximum atomic E-state index is 12.4. The van der Waals surface area contributed by atoms with Gasteiger partial charge >= 0.3 is 5.97 Å². The second-order valence-electron chi connectivity index (χ2n) is 6.36. The number of benzene rings is 3. The molecule has 0 bridgehead atoms. The molecule has 30 heavy (non-hydrogen) atoms. The van der Waals surface area contributed by atoms with Crippen LogP contribution >= 0.6 is 0 Å². The summed E-state index contributed by atoms with van der Waals surface area (Å²) in [6.45, 7) is 0.169. The van der Waals surface area contributed by atoms with Crippen LogP contribution in [0.1, 0.15) is 15.9 Å². The molecule has 0 radical (unpaired) electrons. The maximum Gasteiger partial charge on any atom is 0.337 e. The second-order valence-corrected chi connectivity index (χ2v) is 6.36. The molecule has 0 unspecified atom stereocenters. The smallest absolute Gasteiger partial charge is 0.337 e. The van der Waals surface area contributed by atoms with Gasteiger partial charge < -0.3 is 24.6 Å². The van der Waals surface area contributed by atoms with E-state index in [1.807, 2.05) is 18.2 Å². The van der Waals surface area contributed by atoms with Gasteiger partial charge in [0.1, 0.15) is 11.5 Å². The van der Waals surface area contributed by atoms with Gasteiger partial charge in [-0.15, -0.1) is 0 Å². The summed E-state index contributed by atoms with van der Waals surface area (Å²) in [4.78, 5) is 23.9. The van der Waals surface area contributed by atoms with Crippen molar-refractivity contribution in [3.05, 3.63) is 83.9 Å². The average molecular weight is 403 g/mol. The zero-order valence-electron chi connectivity index (χ0n) is 15.7. The first-order chi connectivity index (χ1) is 14.6. The third-order valence-electron chi connectivity index (χ3n) is 4.28. The van der Waals surface area contributed by atoms with Gasteiger partial charge in [-0.2, -0.15) is 0 Å². The molecule has 4 rings (SSSR count). The van der Waals surface area contributed by atoms with Gasteiger partial charge in [0.05, 0.1) is 11.3 Å². The number of carbonyl (C=O) groups excluding carboxylic acids is 1. The van der Waals surface area contributed by atoms with Crippen LogP contribution in [0.2, 0.25) is 0 Å². The van der Waals surface area contributed by atoms with Crippen LogP contribution in [0, 0.1) is 0 Å². The highest BCUT2D eigenvalue weighted by atomic mass is 16.7. The van der Waals surface area contributed by atoms with E-state index in [4.69, 9.17) is 14.2 Å². The molecule has 1 aliphatic rings. The van der Waals surface area contributed by atoms with Crippen LogP contribution in [0.15, 0.2) is 72.8 Å². The maximum absolute atomic E-state index is 12.4. The van der Waals surface area contributed by atoms with Gasteiger partial charge in [-0.25, -0.2) is 4.79 Å². The number of anilines is 1. The molecule has 0 fully saturated rings. The molecule has 0 spiro atoms. The number of ether oxygens (including phenoxy) is 3. The van der Waals surface area contributed by atoms with Crippen molar-refractivity contribution in [2.24, 2.45) is 0 Å². The summed E-state index contributed by atoms with van der Waals surface area (Å²) in [6.07, 6.45) is 2.91. The Bertz CT molecular complexity index is 1120. The summed E-state index contributed by atoms with van der Waals surface area (Å²) in [7, 11) is 0. The monoisotopic (exact) mass is 403 g/mol. The summed E-state index contributed by atoms with van der Waals surface area (Å²) in [5.74, 6) is 0.625. The second kappa shape index (κ2) is 8.40.